The summed E-state index contributed by atoms with van der Waals surface area (Å²) in [7, 11) is 1.70. The zero-order chi connectivity index (χ0) is 20.0. The molecule has 3 rings (SSSR count). The van der Waals surface area contributed by atoms with Gasteiger partial charge in [0.05, 0.1) is 22.4 Å². The minimum atomic E-state index is -1.36. The molecule has 1 aliphatic heterocycles. The second-order valence-corrected chi connectivity index (χ2v) is 7.90. The van der Waals surface area contributed by atoms with Gasteiger partial charge in [-0.1, -0.05) is 5.92 Å². The Bertz CT molecular complexity index is 974. The molecule has 1 aliphatic rings. The third kappa shape index (κ3) is 3.45. The summed E-state index contributed by atoms with van der Waals surface area (Å²) in [5, 5.41) is 11.0. The average molecular weight is 372 g/mol. The molecule has 0 radical (unpaired) electrons. The number of benzene rings is 1. The summed E-state index contributed by atoms with van der Waals surface area (Å²) >= 11 is 0. The highest BCUT2D eigenvalue weighted by atomic mass is 19.1. The number of nitrogens with one attached hydrogen (secondary N) is 1. The van der Waals surface area contributed by atoms with E-state index in [1.165, 1.54) is 19.9 Å². The van der Waals surface area contributed by atoms with Gasteiger partial charge in [-0.3, -0.25) is 4.79 Å². The molecule has 0 unspecified atom stereocenters. The van der Waals surface area contributed by atoms with Gasteiger partial charge in [-0.25, -0.2) is 4.39 Å². The number of aromatic amines is 1. The van der Waals surface area contributed by atoms with Crippen LogP contribution in [0.25, 0.3) is 10.9 Å². The Labute approximate surface area is 158 Å². The second-order valence-electron chi connectivity index (χ2n) is 7.90. The number of nitrogens with zero attached hydrogens (tertiary/aromatic N) is 1. The monoisotopic (exact) mass is 372 g/mol. The number of fused-ring (bicyclic) bond motifs is 1. The summed E-state index contributed by atoms with van der Waals surface area (Å²) in [6.07, 6.45) is 7.20. The van der Waals surface area contributed by atoms with Crippen LogP contribution in [0.1, 0.15) is 44.7 Å². The van der Waals surface area contributed by atoms with E-state index in [4.69, 9.17) is 11.2 Å². The SMILES string of the molecule is C#Cc1c(N2CCC(C)(OC)CC2)c2cc(C(C)(C)O)c(F)cc2[nH]c1=O. The minimum absolute atomic E-state index is 0.157. The van der Waals surface area contributed by atoms with Crippen LogP contribution in [0.4, 0.5) is 10.1 Å². The lowest BCUT2D eigenvalue weighted by atomic mass is 9.91. The van der Waals surface area contributed by atoms with Gasteiger partial charge in [0.2, 0.25) is 0 Å². The number of ether oxygens (including phenoxy) is 1. The molecule has 1 aromatic heterocycles. The molecular weight excluding hydrogens is 347 g/mol. The van der Waals surface area contributed by atoms with Crippen molar-refractivity contribution >= 4 is 16.6 Å². The van der Waals surface area contributed by atoms with Gasteiger partial charge in [0, 0.05) is 31.1 Å². The summed E-state index contributed by atoms with van der Waals surface area (Å²) in [4.78, 5) is 17.2. The fourth-order valence-electron chi connectivity index (χ4n) is 3.64. The van der Waals surface area contributed by atoms with Gasteiger partial charge < -0.3 is 19.7 Å². The Morgan fingerprint density at radius 1 is 1.37 bits per heavy atom. The van der Waals surface area contributed by atoms with E-state index in [-0.39, 0.29) is 16.7 Å². The first-order valence-electron chi connectivity index (χ1n) is 8.99. The van der Waals surface area contributed by atoms with E-state index in [9.17, 15) is 14.3 Å². The Kier molecular flexibility index (Phi) is 4.79. The summed E-state index contributed by atoms with van der Waals surface area (Å²) in [6, 6.07) is 2.83. The molecule has 2 N–H and O–H groups in total. The van der Waals surface area contributed by atoms with Crippen molar-refractivity contribution in [1.82, 2.24) is 4.98 Å². The van der Waals surface area contributed by atoms with E-state index in [1.807, 2.05) is 0 Å². The number of pyridine rings is 1. The van der Waals surface area contributed by atoms with Crippen LogP contribution >= 0.6 is 0 Å². The van der Waals surface area contributed by atoms with Crippen molar-refractivity contribution in [3.05, 3.63) is 39.4 Å². The summed E-state index contributed by atoms with van der Waals surface area (Å²) < 4.78 is 20.1. The summed E-state index contributed by atoms with van der Waals surface area (Å²) in [5.74, 6) is 1.91. The number of anilines is 1. The first-order chi connectivity index (χ1) is 12.6. The van der Waals surface area contributed by atoms with Crippen molar-refractivity contribution in [3.8, 4) is 12.3 Å². The fourth-order valence-corrected chi connectivity index (χ4v) is 3.64. The molecule has 2 heterocycles. The van der Waals surface area contributed by atoms with Crippen LogP contribution in [0.5, 0.6) is 0 Å². The lowest BCUT2D eigenvalue weighted by Gasteiger charge is -2.40. The zero-order valence-electron chi connectivity index (χ0n) is 16.1. The van der Waals surface area contributed by atoms with E-state index < -0.39 is 17.0 Å². The molecule has 0 bridgehead atoms. The highest BCUT2D eigenvalue weighted by Crippen LogP contribution is 2.36. The van der Waals surface area contributed by atoms with Gasteiger partial charge in [-0.05, 0) is 45.7 Å². The van der Waals surface area contributed by atoms with Crippen LogP contribution in [0, 0.1) is 18.2 Å². The van der Waals surface area contributed by atoms with Gasteiger partial charge in [-0.15, -0.1) is 6.42 Å². The predicted molar refractivity (Wildman–Crippen MR) is 105 cm³/mol. The number of piperidine rings is 1. The lowest BCUT2D eigenvalue weighted by Crippen LogP contribution is -2.44. The van der Waals surface area contributed by atoms with Gasteiger partial charge in [-0.2, -0.15) is 0 Å². The third-order valence-corrected chi connectivity index (χ3v) is 5.51. The van der Waals surface area contributed by atoms with Gasteiger partial charge in [0.1, 0.15) is 11.4 Å². The number of H-pyrrole nitrogens is 1. The lowest BCUT2D eigenvalue weighted by molar-refractivity contribution is -0.0132. The van der Waals surface area contributed by atoms with Crippen molar-refractivity contribution in [2.75, 3.05) is 25.1 Å². The molecule has 0 aliphatic carbocycles. The minimum Gasteiger partial charge on any atom is -0.386 e. The van der Waals surface area contributed by atoms with E-state index in [2.05, 4.69) is 22.7 Å². The number of methoxy groups -OCH3 is 1. The summed E-state index contributed by atoms with van der Waals surface area (Å²) in [5.41, 5.74) is -0.649. The predicted octanol–water partition coefficient (Wildman–Crippen LogP) is 2.88. The largest absolute Gasteiger partial charge is 0.386 e. The van der Waals surface area contributed by atoms with Crippen LogP contribution in [-0.4, -0.2) is 35.9 Å². The molecule has 144 valence electrons. The summed E-state index contributed by atoms with van der Waals surface area (Å²) in [6.45, 7) is 6.43. The smallest absolute Gasteiger partial charge is 0.266 e. The molecule has 0 atom stereocenters. The molecule has 0 spiro atoms. The maximum absolute atomic E-state index is 14.5. The number of halogens is 1. The highest BCUT2D eigenvalue weighted by molar-refractivity contribution is 5.95. The Morgan fingerprint density at radius 2 is 2.00 bits per heavy atom. The van der Waals surface area contributed by atoms with Gasteiger partial charge in [0.15, 0.2) is 0 Å². The molecule has 1 saturated heterocycles. The van der Waals surface area contributed by atoms with Crippen LogP contribution in [0.3, 0.4) is 0 Å². The molecule has 5 nitrogen and oxygen atoms in total. The van der Waals surface area contributed by atoms with Crippen LogP contribution in [0.15, 0.2) is 16.9 Å². The van der Waals surface area contributed by atoms with Crippen molar-refractivity contribution in [1.29, 1.82) is 0 Å². The average Bonchev–Trinajstić information content (AvgIpc) is 2.60. The number of aliphatic hydroxyl groups is 1. The third-order valence-electron chi connectivity index (χ3n) is 5.51. The van der Waals surface area contributed by atoms with E-state index in [1.54, 1.807) is 13.2 Å². The van der Waals surface area contributed by atoms with Crippen LogP contribution < -0.4 is 10.5 Å². The quantitative estimate of drug-likeness (QED) is 0.813. The van der Waals surface area contributed by atoms with Gasteiger partial charge in [0.25, 0.3) is 5.56 Å². The molecule has 1 aromatic carbocycles. The first kappa shape index (κ1) is 19.4. The molecule has 0 saturated carbocycles. The molecule has 2 aromatic rings. The fraction of sp³-hybridized carbons (Fsp3) is 0.476. The van der Waals surface area contributed by atoms with Crippen molar-refractivity contribution < 1.29 is 14.2 Å². The number of hydrogen-bond donors (Lipinski definition) is 2. The molecular formula is C21H25FN2O3. The Hall–Kier alpha value is -2.36. The maximum atomic E-state index is 14.5. The van der Waals surface area contributed by atoms with Crippen LogP contribution in [-0.2, 0) is 10.3 Å². The van der Waals surface area contributed by atoms with Crippen molar-refractivity contribution in [2.24, 2.45) is 0 Å². The Balaban J connectivity index is 2.23. The van der Waals surface area contributed by atoms with Crippen molar-refractivity contribution in [2.45, 2.75) is 44.8 Å². The maximum Gasteiger partial charge on any atom is 0.266 e. The molecule has 0 amide bonds. The number of hydrogen-bond acceptors (Lipinski definition) is 4. The second kappa shape index (κ2) is 6.66. The normalized spacial score (nSPS) is 17.1. The number of aromatic nitrogens is 1. The van der Waals surface area contributed by atoms with Crippen molar-refractivity contribution in [3.63, 3.8) is 0 Å². The van der Waals surface area contributed by atoms with E-state index >= 15 is 0 Å². The van der Waals surface area contributed by atoms with E-state index in [0.29, 0.717) is 29.7 Å². The zero-order valence-corrected chi connectivity index (χ0v) is 16.1. The molecule has 6 heteroatoms. The first-order valence-corrected chi connectivity index (χ1v) is 8.99. The van der Waals surface area contributed by atoms with Crippen LogP contribution in [0.2, 0.25) is 0 Å². The standard InChI is InChI=1S/C21H25FN2O3/c1-6-13-18(24-9-7-21(4,27-5)8-10-24)14-11-15(20(2,3)26)16(22)12-17(14)23-19(13)25/h1,11-12,26H,7-10H2,2-5H3,(H,23,25). The topological polar surface area (TPSA) is 65.6 Å². The number of terminal acetylenes is 1. The van der Waals surface area contributed by atoms with Gasteiger partial charge >= 0.3 is 0 Å². The Morgan fingerprint density at radius 3 is 2.52 bits per heavy atom. The van der Waals surface area contributed by atoms with E-state index in [0.717, 1.165) is 12.8 Å². The number of rotatable bonds is 3. The molecule has 27 heavy (non-hydrogen) atoms. The molecule has 1 fully saturated rings. The highest BCUT2D eigenvalue weighted by Gasteiger charge is 2.32.